The van der Waals surface area contributed by atoms with Crippen molar-refractivity contribution in [2.45, 2.75) is 19.4 Å². The minimum Gasteiger partial charge on any atom is -0.311 e. The van der Waals surface area contributed by atoms with E-state index in [0.29, 0.717) is 0 Å². The number of aryl methyl sites for hydroxylation is 1. The summed E-state index contributed by atoms with van der Waals surface area (Å²) in [6, 6.07) is 6.14. The van der Waals surface area contributed by atoms with Gasteiger partial charge in [-0.05, 0) is 32.2 Å². The van der Waals surface area contributed by atoms with Crippen LogP contribution in [0.2, 0.25) is 4.34 Å². The summed E-state index contributed by atoms with van der Waals surface area (Å²) >= 11 is 7.54. The Morgan fingerprint density at radius 2 is 2.24 bits per heavy atom. The molecule has 0 saturated heterocycles. The lowest BCUT2D eigenvalue weighted by molar-refractivity contribution is 0.576. The van der Waals surface area contributed by atoms with E-state index in [4.69, 9.17) is 11.6 Å². The summed E-state index contributed by atoms with van der Waals surface area (Å²) in [6.07, 6.45) is 2.69. The number of thiophene rings is 1. The monoisotopic (exact) mass is 267 g/mol. The summed E-state index contributed by atoms with van der Waals surface area (Å²) < 4.78 is 0.828. The van der Waals surface area contributed by atoms with Gasteiger partial charge >= 0.3 is 0 Å². The van der Waals surface area contributed by atoms with Gasteiger partial charge in [0.25, 0.3) is 0 Å². The number of aromatic nitrogens is 2. The lowest BCUT2D eigenvalue weighted by atomic mass is 10.1. The minimum atomic E-state index is 0.200. The number of halogens is 1. The normalized spacial score (nSPS) is 12.6. The number of nitrogens with zero attached hydrogens (tertiary/aromatic N) is 2. The average molecular weight is 268 g/mol. The molecular weight excluding hydrogens is 254 g/mol. The van der Waals surface area contributed by atoms with Gasteiger partial charge in [0, 0.05) is 17.5 Å². The molecule has 1 N–H and O–H groups in total. The molecule has 2 rings (SSSR count). The van der Waals surface area contributed by atoms with Gasteiger partial charge in [-0.3, -0.25) is 0 Å². The number of rotatable bonds is 4. The average Bonchev–Trinajstić information content (AvgIpc) is 2.72. The van der Waals surface area contributed by atoms with Gasteiger partial charge in [0.2, 0.25) is 0 Å². The molecule has 0 spiro atoms. The molecule has 2 aromatic heterocycles. The Kier molecular flexibility index (Phi) is 4.10. The second-order valence-corrected chi connectivity index (χ2v) is 5.58. The first-order chi connectivity index (χ1) is 8.19. The van der Waals surface area contributed by atoms with Crippen molar-refractivity contribution >= 4 is 22.9 Å². The fourth-order valence-electron chi connectivity index (χ4n) is 1.69. The van der Waals surface area contributed by atoms with Gasteiger partial charge in [-0.15, -0.1) is 11.3 Å². The zero-order chi connectivity index (χ0) is 12.3. The first-order valence-electron chi connectivity index (χ1n) is 5.40. The Balaban J connectivity index is 2.16. The molecule has 2 aromatic rings. The van der Waals surface area contributed by atoms with Crippen molar-refractivity contribution in [2.24, 2.45) is 0 Å². The maximum absolute atomic E-state index is 5.93. The van der Waals surface area contributed by atoms with Crippen LogP contribution in [0.25, 0.3) is 0 Å². The minimum absolute atomic E-state index is 0.200. The predicted octanol–water partition coefficient (Wildman–Crippen LogP) is 3.00. The van der Waals surface area contributed by atoms with Gasteiger partial charge in [0.1, 0.15) is 5.82 Å². The Morgan fingerprint density at radius 1 is 1.41 bits per heavy atom. The first kappa shape index (κ1) is 12.5. The quantitative estimate of drug-likeness (QED) is 0.925. The lowest BCUT2D eigenvalue weighted by Crippen LogP contribution is -2.20. The third-order valence-electron chi connectivity index (χ3n) is 2.54. The van der Waals surface area contributed by atoms with Gasteiger partial charge in [0.05, 0.1) is 16.1 Å². The van der Waals surface area contributed by atoms with Gasteiger partial charge in [-0.1, -0.05) is 11.6 Å². The maximum Gasteiger partial charge on any atom is 0.125 e. The Labute approximate surface area is 110 Å². The van der Waals surface area contributed by atoms with Gasteiger partial charge < -0.3 is 5.32 Å². The topological polar surface area (TPSA) is 37.8 Å². The van der Waals surface area contributed by atoms with E-state index in [1.807, 2.05) is 26.1 Å². The smallest absolute Gasteiger partial charge is 0.125 e. The van der Waals surface area contributed by atoms with Crippen molar-refractivity contribution in [3.8, 4) is 0 Å². The van der Waals surface area contributed by atoms with E-state index < -0.39 is 0 Å². The molecule has 0 aliphatic heterocycles. The second-order valence-electron chi connectivity index (χ2n) is 3.78. The van der Waals surface area contributed by atoms with E-state index in [1.54, 1.807) is 17.5 Å². The van der Waals surface area contributed by atoms with Crippen LogP contribution < -0.4 is 5.32 Å². The number of hydrogen-bond donors (Lipinski definition) is 1. The van der Waals surface area contributed by atoms with E-state index in [9.17, 15) is 0 Å². The molecule has 0 aromatic carbocycles. The molecule has 5 heteroatoms. The molecule has 0 aliphatic rings. The summed E-state index contributed by atoms with van der Waals surface area (Å²) in [5.74, 6) is 0.798. The molecule has 1 unspecified atom stereocenters. The fraction of sp³-hybridized carbons (Fsp3) is 0.333. The number of nitrogens with one attached hydrogen (secondary N) is 1. The zero-order valence-corrected chi connectivity index (χ0v) is 11.3. The van der Waals surface area contributed by atoms with Crippen molar-refractivity contribution in [1.82, 2.24) is 15.3 Å². The molecule has 0 aliphatic carbocycles. The highest BCUT2D eigenvalue weighted by atomic mass is 35.5. The van der Waals surface area contributed by atoms with E-state index in [1.165, 1.54) is 4.88 Å². The first-order valence-corrected chi connectivity index (χ1v) is 6.59. The highest BCUT2D eigenvalue weighted by Crippen LogP contribution is 2.25. The molecule has 17 heavy (non-hydrogen) atoms. The van der Waals surface area contributed by atoms with E-state index in [2.05, 4.69) is 21.4 Å². The maximum atomic E-state index is 5.93. The molecule has 0 radical (unpaired) electrons. The van der Waals surface area contributed by atoms with Crippen molar-refractivity contribution in [3.63, 3.8) is 0 Å². The van der Waals surface area contributed by atoms with Crippen LogP contribution >= 0.6 is 22.9 Å². The summed E-state index contributed by atoms with van der Waals surface area (Å²) in [4.78, 5) is 9.81. The molecule has 0 amide bonds. The molecular formula is C12H14ClN3S. The Bertz CT molecular complexity index is 498. The van der Waals surface area contributed by atoms with Gasteiger partial charge in [-0.25, -0.2) is 9.97 Å². The highest BCUT2D eigenvalue weighted by molar-refractivity contribution is 7.16. The van der Waals surface area contributed by atoms with Crippen LogP contribution in [0.3, 0.4) is 0 Å². The standard InChI is InChI=1S/C12H14ClN3S/c1-8-15-6-5-10(16-8)11(14-2)7-9-3-4-12(13)17-9/h3-6,11,14H,7H2,1-2H3. The van der Waals surface area contributed by atoms with Crippen LogP contribution in [0.4, 0.5) is 0 Å². The number of likely N-dealkylation sites (N-methyl/N-ethyl adjacent to an activating group) is 1. The second kappa shape index (κ2) is 5.58. The zero-order valence-electron chi connectivity index (χ0n) is 9.77. The predicted molar refractivity (Wildman–Crippen MR) is 71.6 cm³/mol. The van der Waals surface area contributed by atoms with Crippen molar-refractivity contribution in [1.29, 1.82) is 0 Å². The summed E-state index contributed by atoms with van der Waals surface area (Å²) in [6.45, 7) is 1.90. The van der Waals surface area contributed by atoms with Crippen LogP contribution in [-0.4, -0.2) is 17.0 Å². The van der Waals surface area contributed by atoms with Crippen molar-refractivity contribution in [3.05, 3.63) is 45.1 Å². The molecule has 0 saturated carbocycles. The van der Waals surface area contributed by atoms with Crippen LogP contribution in [0, 0.1) is 6.92 Å². The largest absolute Gasteiger partial charge is 0.311 e. The molecule has 1 atom stereocenters. The fourth-order valence-corrected chi connectivity index (χ4v) is 2.82. The number of hydrogen-bond acceptors (Lipinski definition) is 4. The molecule has 0 fully saturated rings. The van der Waals surface area contributed by atoms with Crippen molar-refractivity contribution in [2.75, 3.05) is 7.05 Å². The third-order valence-corrected chi connectivity index (χ3v) is 3.79. The highest BCUT2D eigenvalue weighted by Gasteiger charge is 2.13. The van der Waals surface area contributed by atoms with E-state index in [0.717, 1.165) is 22.3 Å². The summed E-state index contributed by atoms with van der Waals surface area (Å²) in [5, 5.41) is 3.28. The van der Waals surface area contributed by atoms with E-state index >= 15 is 0 Å². The van der Waals surface area contributed by atoms with Crippen LogP contribution in [0.15, 0.2) is 24.4 Å². The summed E-state index contributed by atoms with van der Waals surface area (Å²) in [7, 11) is 1.94. The molecule has 0 bridgehead atoms. The van der Waals surface area contributed by atoms with Gasteiger partial charge in [-0.2, -0.15) is 0 Å². The molecule has 3 nitrogen and oxygen atoms in total. The van der Waals surface area contributed by atoms with Crippen LogP contribution in [0.1, 0.15) is 22.4 Å². The van der Waals surface area contributed by atoms with Crippen LogP contribution in [-0.2, 0) is 6.42 Å². The van der Waals surface area contributed by atoms with Crippen LogP contribution in [0.5, 0.6) is 0 Å². The van der Waals surface area contributed by atoms with Gasteiger partial charge in [0.15, 0.2) is 0 Å². The lowest BCUT2D eigenvalue weighted by Gasteiger charge is -2.14. The molecule has 2 heterocycles. The Hall–Kier alpha value is -0.970. The van der Waals surface area contributed by atoms with Crippen molar-refractivity contribution < 1.29 is 0 Å². The third kappa shape index (κ3) is 3.25. The SMILES string of the molecule is CNC(Cc1ccc(Cl)s1)c1ccnc(C)n1. The summed E-state index contributed by atoms with van der Waals surface area (Å²) in [5.41, 5.74) is 1.02. The molecule has 90 valence electrons. The Morgan fingerprint density at radius 3 is 2.82 bits per heavy atom. The van der Waals surface area contributed by atoms with E-state index in [-0.39, 0.29) is 6.04 Å².